The van der Waals surface area contributed by atoms with Crippen LogP contribution in [0.1, 0.15) is 44.5 Å². The van der Waals surface area contributed by atoms with Gasteiger partial charge >= 0.3 is 0 Å². The summed E-state index contributed by atoms with van der Waals surface area (Å²) in [5.41, 5.74) is 8.74. The van der Waals surface area contributed by atoms with Gasteiger partial charge in [0.2, 0.25) is 0 Å². The van der Waals surface area contributed by atoms with Gasteiger partial charge in [0.1, 0.15) is 11.2 Å². The summed E-state index contributed by atoms with van der Waals surface area (Å²) >= 11 is 0. The molecule has 8 aromatic carbocycles. The normalized spacial score (nSPS) is 12.3. The summed E-state index contributed by atoms with van der Waals surface area (Å²) in [5.74, 6) is 0. The third-order valence-electron chi connectivity index (χ3n) is 10.9. The second kappa shape index (κ2) is 20.4. The molecule has 0 radical (unpaired) electrons. The van der Waals surface area contributed by atoms with Crippen molar-refractivity contribution in [3.05, 3.63) is 298 Å². The minimum absolute atomic E-state index is 0.320. The molecule has 3 heteroatoms. The molecule has 8 rings (SSSR count). The molecule has 0 heterocycles. The van der Waals surface area contributed by atoms with E-state index in [1.807, 2.05) is 48.5 Å². The third kappa shape index (κ3) is 9.78. The minimum atomic E-state index is -0.874. The minimum Gasteiger partial charge on any atom is -0.373 e. The number of ether oxygens (including phenoxy) is 3. The number of benzene rings is 8. The van der Waals surface area contributed by atoms with E-state index in [0.29, 0.717) is 26.4 Å². The molecule has 0 fully saturated rings. The molecule has 0 aromatic heterocycles. The first-order valence-electron chi connectivity index (χ1n) is 20.9. The first-order chi connectivity index (χ1) is 30.2. The molecule has 300 valence electrons. The van der Waals surface area contributed by atoms with E-state index >= 15 is 0 Å². The maximum atomic E-state index is 7.33. The Morgan fingerprint density at radius 2 is 0.492 bits per heavy atom. The lowest BCUT2D eigenvalue weighted by molar-refractivity contribution is 0.0165. The molecular weight excluding hydrogens is 745 g/mol. The molecule has 8 aromatic rings. The van der Waals surface area contributed by atoms with Crippen LogP contribution in [-0.4, -0.2) is 26.4 Å². The van der Waals surface area contributed by atoms with Crippen LogP contribution in [0.4, 0.5) is 0 Å². The van der Waals surface area contributed by atoms with Crippen LogP contribution in [0.5, 0.6) is 0 Å². The lowest BCUT2D eigenvalue weighted by Gasteiger charge is -2.36. The topological polar surface area (TPSA) is 27.7 Å². The Kier molecular flexibility index (Phi) is 13.7. The fourth-order valence-electron chi connectivity index (χ4n) is 8.07. The molecular formula is C58H50O3. The van der Waals surface area contributed by atoms with Crippen molar-refractivity contribution in [1.82, 2.24) is 0 Å². The Balaban J connectivity index is 1.12. The monoisotopic (exact) mass is 794 g/mol. The van der Waals surface area contributed by atoms with Crippen molar-refractivity contribution >= 4 is 12.2 Å². The number of hydrogen-bond acceptors (Lipinski definition) is 3. The van der Waals surface area contributed by atoms with E-state index in [9.17, 15) is 0 Å². The fourth-order valence-corrected chi connectivity index (χ4v) is 8.07. The Morgan fingerprint density at radius 1 is 0.279 bits per heavy atom. The predicted octanol–water partition coefficient (Wildman–Crippen LogP) is 13.2. The van der Waals surface area contributed by atoms with E-state index in [1.54, 1.807) is 0 Å². The van der Waals surface area contributed by atoms with Gasteiger partial charge in [-0.25, -0.2) is 0 Å². The highest BCUT2D eigenvalue weighted by atomic mass is 16.5. The van der Waals surface area contributed by atoms with E-state index in [2.05, 4.69) is 206 Å². The Morgan fingerprint density at radius 3 is 0.721 bits per heavy atom. The molecule has 0 saturated carbocycles. The molecule has 3 nitrogen and oxygen atoms in total. The zero-order valence-corrected chi connectivity index (χ0v) is 34.3. The van der Waals surface area contributed by atoms with Crippen LogP contribution in [0.15, 0.2) is 254 Å². The van der Waals surface area contributed by atoms with E-state index in [4.69, 9.17) is 14.2 Å². The van der Waals surface area contributed by atoms with E-state index in [-0.39, 0.29) is 0 Å². The van der Waals surface area contributed by atoms with E-state index in [1.165, 1.54) is 0 Å². The molecule has 0 unspecified atom stereocenters. The molecule has 0 bridgehead atoms. The predicted molar refractivity (Wildman–Crippen MR) is 250 cm³/mol. The third-order valence-corrected chi connectivity index (χ3v) is 10.9. The highest BCUT2D eigenvalue weighted by molar-refractivity contribution is 5.55. The van der Waals surface area contributed by atoms with E-state index in [0.717, 1.165) is 55.7 Å². The van der Waals surface area contributed by atoms with Gasteiger partial charge in [0.25, 0.3) is 0 Å². The molecule has 0 atom stereocenters. The highest BCUT2D eigenvalue weighted by Gasteiger charge is 2.39. The standard InChI is InChI=1S/C58H50O3/c1-9-25-47(26-10-1)41-49(45-60-57(51-29-13-3-14-30-51,52-31-15-4-16-32-52)53-33-17-5-18-34-53)43-59-44-50(42-48-27-11-2-12-28-48)46-61-58(54-35-19-6-20-36-54,55-37-21-7-22-38-55)56-39-23-8-24-40-56/h1-42H,43-46H2/b49-41-,50-42-. The van der Waals surface area contributed by atoms with Crippen molar-refractivity contribution in [3.63, 3.8) is 0 Å². The molecule has 0 spiro atoms. The SMILES string of the molecule is C(=C(\COC/C(=C/c1ccccc1)COC(c1ccccc1)(c1ccccc1)c1ccccc1)COC(c1ccccc1)(c1ccccc1)c1ccccc1)/c1ccccc1. The zero-order valence-electron chi connectivity index (χ0n) is 34.3. The van der Waals surface area contributed by atoms with Gasteiger partial charge < -0.3 is 14.2 Å². The Hall–Kier alpha value is -6.88. The van der Waals surface area contributed by atoms with Crippen molar-refractivity contribution in [1.29, 1.82) is 0 Å². The quantitative estimate of drug-likeness (QED) is 0.0810. The number of rotatable bonds is 18. The van der Waals surface area contributed by atoms with Crippen LogP contribution in [0.2, 0.25) is 0 Å². The largest absolute Gasteiger partial charge is 0.373 e. The summed E-state index contributed by atoms with van der Waals surface area (Å²) in [5, 5.41) is 0. The van der Waals surface area contributed by atoms with Gasteiger partial charge in [-0.1, -0.05) is 255 Å². The first kappa shape index (κ1) is 40.9. The summed E-state index contributed by atoms with van der Waals surface area (Å²) in [4.78, 5) is 0. The Labute approximate surface area is 360 Å². The van der Waals surface area contributed by atoms with Gasteiger partial charge in [0.05, 0.1) is 26.4 Å². The van der Waals surface area contributed by atoms with Crippen molar-refractivity contribution in [2.75, 3.05) is 26.4 Å². The smallest absolute Gasteiger partial charge is 0.144 e. The summed E-state index contributed by atoms with van der Waals surface area (Å²) in [6.07, 6.45) is 4.38. The average molecular weight is 795 g/mol. The van der Waals surface area contributed by atoms with Crippen LogP contribution in [-0.2, 0) is 25.4 Å². The van der Waals surface area contributed by atoms with Crippen LogP contribution < -0.4 is 0 Å². The van der Waals surface area contributed by atoms with Gasteiger partial charge in [-0.05, 0) is 55.7 Å². The highest BCUT2D eigenvalue weighted by Crippen LogP contribution is 2.42. The van der Waals surface area contributed by atoms with Crippen LogP contribution in [0.3, 0.4) is 0 Å². The maximum absolute atomic E-state index is 7.33. The molecule has 0 aliphatic carbocycles. The lowest BCUT2D eigenvalue weighted by Crippen LogP contribution is -2.34. The molecule has 61 heavy (non-hydrogen) atoms. The van der Waals surface area contributed by atoms with Crippen molar-refractivity contribution < 1.29 is 14.2 Å². The second-order valence-corrected chi connectivity index (χ2v) is 15.1. The lowest BCUT2D eigenvalue weighted by atomic mass is 9.80. The summed E-state index contributed by atoms with van der Waals surface area (Å²) in [6, 6.07) is 83.8. The summed E-state index contributed by atoms with van der Waals surface area (Å²) < 4.78 is 21.4. The van der Waals surface area contributed by atoms with Gasteiger partial charge in [-0.2, -0.15) is 0 Å². The average Bonchev–Trinajstić information content (AvgIpc) is 3.34. The van der Waals surface area contributed by atoms with Gasteiger partial charge in [-0.15, -0.1) is 0 Å². The molecule has 0 aliphatic rings. The molecule has 0 N–H and O–H groups in total. The van der Waals surface area contributed by atoms with Crippen molar-refractivity contribution in [3.8, 4) is 0 Å². The van der Waals surface area contributed by atoms with Gasteiger partial charge in [0, 0.05) is 0 Å². The van der Waals surface area contributed by atoms with Gasteiger partial charge in [0.15, 0.2) is 0 Å². The van der Waals surface area contributed by atoms with Crippen LogP contribution in [0, 0.1) is 0 Å². The van der Waals surface area contributed by atoms with Crippen molar-refractivity contribution in [2.24, 2.45) is 0 Å². The van der Waals surface area contributed by atoms with Crippen LogP contribution >= 0.6 is 0 Å². The molecule has 0 amide bonds. The van der Waals surface area contributed by atoms with Crippen molar-refractivity contribution in [2.45, 2.75) is 11.2 Å². The first-order valence-corrected chi connectivity index (χ1v) is 20.9. The summed E-state index contributed by atoms with van der Waals surface area (Å²) in [6.45, 7) is 1.33. The summed E-state index contributed by atoms with van der Waals surface area (Å²) in [7, 11) is 0. The van der Waals surface area contributed by atoms with E-state index < -0.39 is 11.2 Å². The maximum Gasteiger partial charge on any atom is 0.144 e. The zero-order chi connectivity index (χ0) is 41.4. The molecule has 0 aliphatic heterocycles. The molecule has 0 saturated heterocycles. The van der Waals surface area contributed by atoms with Gasteiger partial charge in [-0.3, -0.25) is 0 Å². The fraction of sp³-hybridized carbons (Fsp3) is 0.103. The van der Waals surface area contributed by atoms with Crippen LogP contribution in [0.25, 0.3) is 12.2 Å². The second-order valence-electron chi connectivity index (χ2n) is 15.1. The Bertz CT molecular complexity index is 2180. The number of hydrogen-bond donors (Lipinski definition) is 0.